The molecule has 1 aromatic heterocycles. The van der Waals surface area contributed by atoms with Crippen molar-refractivity contribution in [3.05, 3.63) is 82.6 Å². The van der Waals surface area contributed by atoms with Crippen LogP contribution in [0.1, 0.15) is 15.2 Å². The van der Waals surface area contributed by atoms with Crippen LogP contribution in [0.25, 0.3) is 0 Å². The van der Waals surface area contributed by atoms with Crippen LogP contribution in [-0.2, 0) is 16.1 Å². The van der Waals surface area contributed by atoms with E-state index in [0.717, 1.165) is 5.56 Å². The van der Waals surface area contributed by atoms with Crippen molar-refractivity contribution in [2.45, 2.75) is 6.61 Å². The number of hydrogen-bond acceptors (Lipinski definition) is 5. The highest BCUT2D eigenvalue weighted by Gasteiger charge is 2.11. The average molecular weight is 367 g/mol. The quantitative estimate of drug-likeness (QED) is 0.638. The molecule has 0 saturated heterocycles. The second-order valence-electron chi connectivity index (χ2n) is 5.40. The van der Waals surface area contributed by atoms with Gasteiger partial charge in [0.25, 0.3) is 5.91 Å². The van der Waals surface area contributed by atoms with E-state index in [2.05, 4.69) is 5.32 Å². The molecule has 1 amide bonds. The summed E-state index contributed by atoms with van der Waals surface area (Å²) in [4.78, 5) is 24.0. The minimum Gasteiger partial charge on any atom is -0.489 e. The Morgan fingerprint density at radius 3 is 2.38 bits per heavy atom. The summed E-state index contributed by atoms with van der Waals surface area (Å²) in [6.07, 6.45) is 0. The Bertz CT molecular complexity index is 845. The molecule has 0 aliphatic carbocycles. The first-order valence-electron chi connectivity index (χ1n) is 7.98. The van der Waals surface area contributed by atoms with Crippen LogP contribution in [-0.4, -0.2) is 18.5 Å². The first kappa shape index (κ1) is 17.7. The number of amides is 1. The van der Waals surface area contributed by atoms with Gasteiger partial charge in [0.05, 0.1) is 0 Å². The van der Waals surface area contributed by atoms with E-state index < -0.39 is 11.9 Å². The third-order valence-corrected chi connectivity index (χ3v) is 4.29. The van der Waals surface area contributed by atoms with Crippen LogP contribution < -0.4 is 10.1 Å². The number of nitrogens with one attached hydrogen (secondary N) is 1. The molecule has 5 nitrogen and oxygen atoms in total. The Hall–Kier alpha value is -3.12. The smallest absolute Gasteiger partial charge is 0.348 e. The number of carbonyl (C=O) groups excluding carboxylic acids is 2. The molecule has 2 aromatic carbocycles. The van der Waals surface area contributed by atoms with Gasteiger partial charge in [-0.25, -0.2) is 4.79 Å². The molecule has 132 valence electrons. The van der Waals surface area contributed by atoms with E-state index in [4.69, 9.17) is 9.47 Å². The Labute approximate surface area is 155 Å². The first-order valence-corrected chi connectivity index (χ1v) is 8.86. The molecule has 3 rings (SSSR count). The lowest BCUT2D eigenvalue weighted by molar-refractivity contribution is -0.119. The second kappa shape index (κ2) is 8.82. The standard InChI is InChI=1S/C20H17NO4S/c22-19(14-25-20(23)18-7-4-12-26-18)21-16-8-10-17(11-9-16)24-13-15-5-2-1-3-6-15/h1-12H,13-14H2,(H,21,22). The number of anilines is 1. The van der Waals surface area contributed by atoms with Gasteiger partial charge in [-0.2, -0.15) is 0 Å². The van der Waals surface area contributed by atoms with Crippen molar-refractivity contribution in [2.75, 3.05) is 11.9 Å². The summed E-state index contributed by atoms with van der Waals surface area (Å²) >= 11 is 1.27. The zero-order valence-corrected chi connectivity index (χ0v) is 14.7. The maximum atomic E-state index is 11.9. The molecule has 0 aliphatic heterocycles. The fourth-order valence-electron chi connectivity index (χ4n) is 2.17. The molecule has 1 N–H and O–H groups in total. The molecule has 0 unspecified atom stereocenters. The van der Waals surface area contributed by atoms with E-state index in [9.17, 15) is 9.59 Å². The van der Waals surface area contributed by atoms with Gasteiger partial charge in [-0.3, -0.25) is 4.79 Å². The highest BCUT2D eigenvalue weighted by molar-refractivity contribution is 7.11. The van der Waals surface area contributed by atoms with Gasteiger partial charge < -0.3 is 14.8 Å². The number of esters is 1. The fraction of sp³-hybridized carbons (Fsp3) is 0.100. The zero-order chi connectivity index (χ0) is 18.2. The molecule has 0 radical (unpaired) electrons. The lowest BCUT2D eigenvalue weighted by Crippen LogP contribution is -2.20. The molecule has 0 bridgehead atoms. The van der Waals surface area contributed by atoms with E-state index in [1.165, 1.54) is 11.3 Å². The summed E-state index contributed by atoms with van der Waals surface area (Å²) in [5.41, 5.74) is 1.69. The molecule has 0 spiro atoms. The molecule has 0 fully saturated rings. The van der Waals surface area contributed by atoms with Crippen LogP contribution in [0, 0.1) is 0 Å². The summed E-state index contributed by atoms with van der Waals surface area (Å²) in [6, 6.07) is 20.3. The second-order valence-corrected chi connectivity index (χ2v) is 6.35. The number of carbonyl (C=O) groups is 2. The number of ether oxygens (including phenoxy) is 2. The molecule has 26 heavy (non-hydrogen) atoms. The van der Waals surface area contributed by atoms with Gasteiger partial charge in [-0.05, 0) is 41.3 Å². The van der Waals surface area contributed by atoms with E-state index in [0.29, 0.717) is 22.9 Å². The number of rotatable bonds is 7. The third kappa shape index (κ3) is 5.19. The molecule has 3 aromatic rings. The SMILES string of the molecule is O=C(COC(=O)c1cccs1)Nc1ccc(OCc2ccccc2)cc1. The topological polar surface area (TPSA) is 64.6 Å². The Morgan fingerprint density at radius 2 is 1.69 bits per heavy atom. The van der Waals surface area contributed by atoms with Crippen molar-refractivity contribution in [3.63, 3.8) is 0 Å². The summed E-state index contributed by atoms with van der Waals surface area (Å²) in [6.45, 7) is 0.147. The minimum absolute atomic E-state index is 0.330. The Kier molecular flexibility index (Phi) is 6.01. The van der Waals surface area contributed by atoms with E-state index >= 15 is 0 Å². The summed E-state index contributed by atoms with van der Waals surface area (Å²) < 4.78 is 10.7. The third-order valence-electron chi connectivity index (χ3n) is 3.44. The summed E-state index contributed by atoms with van der Waals surface area (Å²) in [7, 11) is 0. The molecular weight excluding hydrogens is 350 g/mol. The fourth-order valence-corrected chi connectivity index (χ4v) is 2.79. The van der Waals surface area contributed by atoms with Crippen LogP contribution in [0.15, 0.2) is 72.1 Å². The number of thiophene rings is 1. The monoisotopic (exact) mass is 367 g/mol. The number of hydrogen-bond donors (Lipinski definition) is 1. The van der Waals surface area contributed by atoms with Gasteiger partial charge in [0.1, 0.15) is 17.2 Å². The Morgan fingerprint density at radius 1 is 0.923 bits per heavy atom. The lowest BCUT2D eigenvalue weighted by Gasteiger charge is -2.09. The lowest BCUT2D eigenvalue weighted by atomic mass is 10.2. The van der Waals surface area contributed by atoms with Crippen molar-refractivity contribution < 1.29 is 19.1 Å². The molecule has 1 heterocycles. The van der Waals surface area contributed by atoms with Crippen molar-refractivity contribution in [1.29, 1.82) is 0 Å². The largest absolute Gasteiger partial charge is 0.489 e. The van der Waals surface area contributed by atoms with Crippen LogP contribution in [0.5, 0.6) is 5.75 Å². The van der Waals surface area contributed by atoms with E-state index in [1.54, 1.807) is 41.8 Å². The van der Waals surface area contributed by atoms with Crippen molar-refractivity contribution >= 4 is 28.9 Å². The predicted molar refractivity (Wildman–Crippen MR) is 100 cm³/mol. The molecule has 0 saturated carbocycles. The summed E-state index contributed by atoms with van der Waals surface area (Å²) in [5.74, 6) is -0.191. The normalized spacial score (nSPS) is 10.2. The van der Waals surface area contributed by atoms with Crippen molar-refractivity contribution in [1.82, 2.24) is 0 Å². The Balaban J connectivity index is 1.44. The molecule has 0 atom stereocenters. The number of benzene rings is 2. The van der Waals surface area contributed by atoms with Gasteiger partial charge in [0.15, 0.2) is 6.61 Å². The van der Waals surface area contributed by atoms with Crippen molar-refractivity contribution in [2.24, 2.45) is 0 Å². The van der Waals surface area contributed by atoms with E-state index in [-0.39, 0.29) is 6.61 Å². The highest BCUT2D eigenvalue weighted by atomic mass is 32.1. The maximum absolute atomic E-state index is 11.9. The van der Waals surface area contributed by atoms with Gasteiger partial charge in [-0.15, -0.1) is 11.3 Å². The van der Waals surface area contributed by atoms with Gasteiger partial charge >= 0.3 is 5.97 Å². The average Bonchev–Trinajstić information content (AvgIpc) is 3.21. The molecule has 6 heteroatoms. The highest BCUT2D eigenvalue weighted by Crippen LogP contribution is 2.17. The first-order chi connectivity index (χ1) is 12.7. The minimum atomic E-state index is -0.500. The van der Waals surface area contributed by atoms with Crippen LogP contribution in [0.3, 0.4) is 0 Å². The maximum Gasteiger partial charge on any atom is 0.348 e. The summed E-state index contributed by atoms with van der Waals surface area (Å²) in [5, 5.41) is 4.45. The van der Waals surface area contributed by atoms with Gasteiger partial charge in [0.2, 0.25) is 0 Å². The van der Waals surface area contributed by atoms with Crippen LogP contribution in [0.4, 0.5) is 5.69 Å². The predicted octanol–water partition coefficient (Wildman–Crippen LogP) is 4.12. The molecule has 0 aliphatic rings. The van der Waals surface area contributed by atoms with Crippen molar-refractivity contribution in [3.8, 4) is 5.75 Å². The van der Waals surface area contributed by atoms with Crippen LogP contribution in [0.2, 0.25) is 0 Å². The van der Waals surface area contributed by atoms with Gasteiger partial charge in [0, 0.05) is 5.69 Å². The zero-order valence-electron chi connectivity index (χ0n) is 13.9. The molecular formula is C20H17NO4S. The van der Waals surface area contributed by atoms with E-state index in [1.807, 2.05) is 30.3 Å². The van der Waals surface area contributed by atoms with Crippen LogP contribution >= 0.6 is 11.3 Å². The van der Waals surface area contributed by atoms with Gasteiger partial charge in [-0.1, -0.05) is 36.4 Å².